The van der Waals surface area contributed by atoms with Gasteiger partial charge in [0.25, 0.3) is 0 Å². The zero-order valence-corrected chi connectivity index (χ0v) is 11.8. The summed E-state index contributed by atoms with van der Waals surface area (Å²) in [6, 6.07) is 0. The highest BCUT2D eigenvalue weighted by molar-refractivity contribution is 5.70. The van der Waals surface area contributed by atoms with Gasteiger partial charge in [-0.15, -0.1) is 0 Å². The average molecular weight is 257 g/mol. The summed E-state index contributed by atoms with van der Waals surface area (Å²) in [7, 11) is 0. The summed E-state index contributed by atoms with van der Waals surface area (Å²) in [6.45, 7) is 7.01. The summed E-state index contributed by atoms with van der Waals surface area (Å²) < 4.78 is 0. The van der Waals surface area contributed by atoms with E-state index in [0.29, 0.717) is 32.2 Å². The number of carboxylic acid groups (broad SMARTS) is 1. The minimum Gasteiger partial charge on any atom is -0.481 e. The van der Waals surface area contributed by atoms with Crippen LogP contribution in [0.5, 0.6) is 0 Å². The van der Waals surface area contributed by atoms with E-state index in [1.807, 2.05) is 0 Å². The Balaban J connectivity index is 2.46. The smallest absolute Gasteiger partial charge is 0.306 e. The quantitative estimate of drug-likeness (QED) is 0.682. The summed E-state index contributed by atoms with van der Waals surface area (Å²) in [6.07, 6.45) is 4.39. The Kier molecular flexibility index (Phi) is 5.17. The van der Waals surface area contributed by atoms with Crippen molar-refractivity contribution in [2.24, 2.45) is 5.92 Å². The lowest BCUT2D eigenvalue weighted by Gasteiger charge is -2.38. The van der Waals surface area contributed by atoms with Crippen LogP contribution in [-0.4, -0.2) is 33.9 Å². The molecule has 0 spiro atoms. The number of nitrogens with one attached hydrogen (secondary N) is 1. The number of hydrogen-bond donors (Lipinski definition) is 3. The third-order valence-electron chi connectivity index (χ3n) is 4.67. The Morgan fingerprint density at radius 1 is 1.33 bits per heavy atom. The molecule has 0 aromatic heterocycles. The molecular weight excluding hydrogens is 230 g/mol. The van der Waals surface area contributed by atoms with Crippen molar-refractivity contribution in [2.75, 3.05) is 6.54 Å². The maximum atomic E-state index is 10.9. The molecule has 1 saturated carbocycles. The third-order valence-corrected chi connectivity index (χ3v) is 4.67. The van der Waals surface area contributed by atoms with Crippen LogP contribution in [0, 0.1) is 5.92 Å². The topological polar surface area (TPSA) is 69.6 Å². The SMILES string of the molecule is CCC(C)(CC)NCC1(O)CCC(C(=O)O)CC1. The molecule has 1 aliphatic rings. The third kappa shape index (κ3) is 3.95. The van der Waals surface area contributed by atoms with Gasteiger partial charge in [0.15, 0.2) is 0 Å². The number of aliphatic hydroxyl groups is 1. The number of β-amino-alcohol motifs (C(OH)–C–C–N with tert-alkyl or cyclic N) is 1. The second-order valence-corrected chi connectivity index (χ2v) is 5.96. The fraction of sp³-hybridized carbons (Fsp3) is 0.929. The van der Waals surface area contributed by atoms with Crippen LogP contribution in [0.4, 0.5) is 0 Å². The monoisotopic (exact) mass is 257 g/mol. The summed E-state index contributed by atoms with van der Waals surface area (Å²) >= 11 is 0. The molecule has 0 aromatic rings. The van der Waals surface area contributed by atoms with E-state index in [9.17, 15) is 9.90 Å². The summed E-state index contributed by atoms with van der Waals surface area (Å²) in [5, 5.41) is 22.9. The van der Waals surface area contributed by atoms with E-state index < -0.39 is 11.6 Å². The van der Waals surface area contributed by atoms with E-state index in [2.05, 4.69) is 26.1 Å². The highest BCUT2D eigenvalue weighted by Gasteiger charge is 2.36. The number of carboxylic acids is 1. The molecule has 0 heterocycles. The Hall–Kier alpha value is -0.610. The van der Waals surface area contributed by atoms with Crippen LogP contribution in [0.25, 0.3) is 0 Å². The molecule has 0 unspecified atom stereocenters. The van der Waals surface area contributed by atoms with Crippen molar-refractivity contribution in [3.8, 4) is 0 Å². The maximum absolute atomic E-state index is 10.9. The molecule has 0 atom stereocenters. The van der Waals surface area contributed by atoms with Crippen molar-refractivity contribution in [1.29, 1.82) is 0 Å². The van der Waals surface area contributed by atoms with E-state index in [1.165, 1.54) is 0 Å². The molecule has 1 aliphatic carbocycles. The maximum Gasteiger partial charge on any atom is 0.306 e. The lowest BCUT2D eigenvalue weighted by atomic mass is 9.78. The Bertz CT molecular complexity index is 279. The molecular formula is C14H27NO3. The number of rotatable bonds is 6. The van der Waals surface area contributed by atoms with Crippen molar-refractivity contribution < 1.29 is 15.0 Å². The first-order valence-corrected chi connectivity index (χ1v) is 7.04. The van der Waals surface area contributed by atoms with Crippen LogP contribution in [0.2, 0.25) is 0 Å². The molecule has 1 fully saturated rings. The van der Waals surface area contributed by atoms with Crippen LogP contribution in [0.1, 0.15) is 59.3 Å². The first-order chi connectivity index (χ1) is 8.34. The minimum atomic E-state index is -0.725. The Labute approximate surface area is 110 Å². The van der Waals surface area contributed by atoms with Crippen molar-refractivity contribution in [2.45, 2.75) is 70.4 Å². The molecule has 4 nitrogen and oxygen atoms in total. The van der Waals surface area contributed by atoms with Gasteiger partial charge in [-0.2, -0.15) is 0 Å². The second kappa shape index (κ2) is 6.02. The van der Waals surface area contributed by atoms with E-state index >= 15 is 0 Å². The zero-order valence-electron chi connectivity index (χ0n) is 11.8. The van der Waals surface area contributed by atoms with Crippen molar-refractivity contribution >= 4 is 5.97 Å². The molecule has 4 heteroatoms. The summed E-state index contributed by atoms with van der Waals surface area (Å²) in [5.74, 6) is -0.994. The largest absolute Gasteiger partial charge is 0.481 e. The van der Waals surface area contributed by atoms with E-state index in [4.69, 9.17) is 5.11 Å². The van der Waals surface area contributed by atoms with Gasteiger partial charge in [-0.05, 0) is 45.4 Å². The lowest BCUT2D eigenvalue weighted by Crippen LogP contribution is -2.51. The second-order valence-electron chi connectivity index (χ2n) is 5.96. The van der Waals surface area contributed by atoms with Gasteiger partial charge in [0, 0.05) is 12.1 Å². The van der Waals surface area contributed by atoms with Gasteiger partial charge < -0.3 is 15.5 Å². The van der Waals surface area contributed by atoms with Crippen molar-refractivity contribution in [3.63, 3.8) is 0 Å². The first-order valence-electron chi connectivity index (χ1n) is 7.04. The Morgan fingerprint density at radius 2 is 1.83 bits per heavy atom. The number of hydrogen-bond acceptors (Lipinski definition) is 3. The van der Waals surface area contributed by atoms with Crippen LogP contribution < -0.4 is 5.32 Å². The summed E-state index contributed by atoms with van der Waals surface area (Å²) in [4.78, 5) is 10.9. The van der Waals surface area contributed by atoms with Gasteiger partial charge in [-0.1, -0.05) is 13.8 Å². The van der Waals surface area contributed by atoms with Crippen LogP contribution in [0.3, 0.4) is 0 Å². The number of aliphatic carboxylic acids is 1. The predicted molar refractivity (Wildman–Crippen MR) is 71.5 cm³/mol. The molecule has 0 aliphatic heterocycles. The van der Waals surface area contributed by atoms with E-state index in [0.717, 1.165) is 12.8 Å². The minimum absolute atomic E-state index is 0.0688. The molecule has 0 saturated heterocycles. The van der Waals surface area contributed by atoms with Crippen LogP contribution in [0.15, 0.2) is 0 Å². The first kappa shape index (κ1) is 15.4. The van der Waals surface area contributed by atoms with Gasteiger partial charge in [0.2, 0.25) is 0 Å². The predicted octanol–water partition coefficient (Wildman–Crippen LogP) is 2.16. The van der Waals surface area contributed by atoms with Gasteiger partial charge in [-0.25, -0.2) is 0 Å². The van der Waals surface area contributed by atoms with Gasteiger partial charge in [-0.3, -0.25) is 4.79 Å². The standard InChI is InChI=1S/C14H27NO3/c1-4-13(3,5-2)15-10-14(18)8-6-11(7-9-14)12(16)17/h11,15,18H,4-10H2,1-3H3,(H,16,17). The van der Waals surface area contributed by atoms with E-state index in [-0.39, 0.29) is 11.5 Å². The Morgan fingerprint density at radius 3 is 2.22 bits per heavy atom. The number of carbonyl (C=O) groups is 1. The molecule has 3 N–H and O–H groups in total. The molecule has 0 bridgehead atoms. The molecule has 0 aromatic carbocycles. The fourth-order valence-corrected chi connectivity index (χ4v) is 2.46. The van der Waals surface area contributed by atoms with Gasteiger partial charge in [0.05, 0.1) is 11.5 Å². The van der Waals surface area contributed by atoms with Crippen LogP contribution >= 0.6 is 0 Å². The molecule has 18 heavy (non-hydrogen) atoms. The molecule has 0 amide bonds. The molecule has 0 radical (unpaired) electrons. The lowest BCUT2D eigenvalue weighted by molar-refractivity contribution is -0.144. The normalized spacial score (nSPS) is 29.2. The summed E-state index contributed by atoms with van der Waals surface area (Å²) in [5.41, 5.74) is -0.656. The zero-order chi connectivity index (χ0) is 13.8. The highest BCUT2D eigenvalue weighted by atomic mass is 16.4. The average Bonchev–Trinajstić information content (AvgIpc) is 2.37. The van der Waals surface area contributed by atoms with Crippen molar-refractivity contribution in [3.05, 3.63) is 0 Å². The molecule has 106 valence electrons. The fourth-order valence-electron chi connectivity index (χ4n) is 2.46. The van der Waals surface area contributed by atoms with Gasteiger partial charge >= 0.3 is 5.97 Å². The highest BCUT2D eigenvalue weighted by Crippen LogP contribution is 2.32. The van der Waals surface area contributed by atoms with Crippen LogP contribution in [-0.2, 0) is 4.79 Å². The van der Waals surface area contributed by atoms with Crippen molar-refractivity contribution in [1.82, 2.24) is 5.32 Å². The van der Waals surface area contributed by atoms with Gasteiger partial charge in [0.1, 0.15) is 0 Å². The van der Waals surface area contributed by atoms with E-state index in [1.54, 1.807) is 0 Å². The molecule has 1 rings (SSSR count).